The third kappa shape index (κ3) is 5.14. The lowest BCUT2D eigenvalue weighted by Crippen LogP contribution is -2.28. The van der Waals surface area contributed by atoms with Crippen molar-refractivity contribution in [3.63, 3.8) is 0 Å². The summed E-state index contributed by atoms with van der Waals surface area (Å²) in [5.74, 6) is 0.0396. The van der Waals surface area contributed by atoms with Crippen molar-refractivity contribution in [3.8, 4) is 0 Å². The second-order valence-electron chi connectivity index (χ2n) is 5.81. The first-order chi connectivity index (χ1) is 11.4. The highest BCUT2D eigenvalue weighted by molar-refractivity contribution is 7.89. The third-order valence-corrected chi connectivity index (χ3v) is 4.69. The van der Waals surface area contributed by atoms with Crippen LogP contribution in [0, 0.1) is 5.92 Å². The van der Waals surface area contributed by atoms with Gasteiger partial charge in [0.05, 0.1) is 4.90 Å². The number of hydrogen-bond donors (Lipinski definition) is 2. The van der Waals surface area contributed by atoms with Crippen molar-refractivity contribution in [1.29, 1.82) is 0 Å². The molecule has 1 aromatic carbocycles. The smallest absolute Gasteiger partial charge is 0.251 e. The molecule has 6 nitrogen and oxygen atoms in total. The minimum atomic E-state index is -3.70. The van der Waals surface area contributed by atoms with Gasteiger partial charge in [0.2, 0.25) is 10.0 Å². The van der Waals surface area contributed by atoms with Crippen LogP contribution in [0.4, 0.5) is 0 Å². The Morgan fingerprint density at radius 3 is 2.54 bits per heavy atom. The molecule has 1 heterocycles. The quantitative estimate of drug-likeness (QED) is 0.801. The first kappa shape index (κ1) is 18.1. The highest BCUT2D eigenvalue weighted by atomic mass is 32.2. The van der Waals surface area contributed by atoms with Crippen molar-refractivity contribution in [2.24, 2.45) is 5.92 Å². The molecule has 0 aliphatic heterocycles. The van der Waals surface area contributed by atoms with E-state index in [4.69, 9.17) is 0 Å². The number of pyridine rings is 1. The minimum Gasteiger partial charge on any atom is -0.352 e. The van der Waals surface area contributed by atoms with E-state index in [0.29, 0.717) is 18.0 Å². The van der Waals surface area contributed by atoms with Crippen molar-refractivity contribution in [3.05, 3.63) is 59.9 Å². The number of hydrogen-bond acceptors (Lipinski definition) is 4. The average Bonchev–Trinajstić information content (AvgIpc) is 2.59. The van der Waals surface area contributed by atoms with Crippen LogP contribution in [-0.2, 0) is 16.6 Å². The largest absolute Gasteiger partial charge is 0.352 e. The monoisotopic (exact) mass is 347 g/mol. The second kappa shape index (κ2) is 8.03. The first-order valence-electron chi connectivity index (χ1n) is 7.65. The number of rotatable bonds is 7. The molecule has 0 radical (unpaired) electrons. The summed E-state index contributed by atoms with van der Waals surface area (Å²) in [6.07, 6.45) is 3.20. The number of carbonyl (C=O) groups is 1. The molecule has 2 rings (SSSR count). The van der Waals surface area contributed by atoms with Crippen LogP contribution >= 0.6 is 0 Å². The van der Waals surface area contributed by atoms with E-state index in [0.717, 1.165) is 5.56 Å². The zero-order valence-electron chi connectivity index (χ0n) is 13.7. The van der Waals surface area contributed by atoms with Crippen molar-refractivity contribution in [2.45, 2.75) is 25.3 Å². The van der Waals surface area contributed by atoms with E-state index >= 15 is 0 Å². The van der Waals surface area contributed by atoms with Gasteiger partial charge in [0.1, 0.15) is 0 Å². The summed E-state index contributed by atoms with van der Waals surface area (Å²) in [5.41, 5.74) is 1.13. The fourth-order valence-corrected chi connectivity index (χ4v) is 3.03. The van der Waals surface area contributed by atoms with Crippen molar-refractivity contribution >= 4 is 15.9 Å². The zero-order chi connectivity index (χ0) is 17.6. The maximum atomic E-state index is 12.4. The van der Waals surface area contributed by atoms with E-state index in [9.17, 15) is 13.2 Å². The molecule has 2 N–H and O–H groups in total. The van der Waals surface area contributed by atoms with Crippen LogP contribution in [0.15, 0.2) is 53.7 Å². The molecule has 0 atom stereocenters. The van der Waals surface area contributed by atoms with Gasteiger partial charge < -0.3 is 5.32 Å². The van der Waals surface area contributed by atoms with Gasteiger partial charge >= 0.3 is 0 Å². The van der Waals surface area contributed by atoms with Gasteiger partial charge in [-0.1, -0.05) is 19.9 Å². The SMILES string of the molecule is CC(C)CNC(=O)c1cccc(S(=O)(=O)NCc2ccncc2)c1. The van der Waals surface area contributed by atoms with Crippen LogP contribution < -0.4 is 10.0 Å². The van der Waals surface area contributed by atoms with Gasteiger partial charge in [-0.2, -0.15) is 0 Å². The maximum Gasteiger partial charge on any atom is 0.251 e. The van der Waals surface area contributed by atoms with E-state index in [1.54, 1.807) is 36.7 Å². The Labute approximate surface area is 142 Å². The molecule has 128 valence electrons. The number of carbonyl (C=O) groups excluding carboxylic acids is 1. The van der Waals surface area contributed by atoms with E-state index in [2.05, 4.69) is 15.0 Å². The van der Waals surface area contributed by atoms with Gasteiger partial charge in [0, 0.05) is 31.0 Å². The number of benzene rings is 1. The van der Waals surface area contributed by atoms with Crippen molar-refractivity contribution < 1.29 is 13.2 Å². The second-order valence-corrected chi connectivity index (χ2v) is 7.58. The molecule has 2 aromatic rings. The molecule has 0 saturated heterocycles. The van der Waals surface area contributed by atoms with Crippen molar-refractivity contribution in [2.75, 3.05) is 6.54 Å². The van der Waals surface area contributed by atoms with Gasteiger partial charge in [0.15, 0.2) is 0 Å². The standard InChI is InChI=1S/C17H21N3O3S/c1-13(2)11-19-17(21)15-4-3-5-16(10-15)24(22,23)20-12-14-6-8-18-9-7-14/h3-10,13,20H,11-12H2,1-2H3,(H,19,21). The molecular formula is C17H21N3O3S. The van der Waals surface area contributed by atoms with Crippen LogP contribution in [0.3, 0.4) is 0 Å². The minimum absolute atomic E-state index is 0.0637. The average molecular weight is 347 g/mol. The number of sulfonamides is 1. The summed E-state index contributed by atoms with van der Waals surface area (Å²) in [7, 11) is -3.70. The Bertz CT molecular complexity index is 790. The van der Waals surface area contributed by atoms with Gasteiger partial charge in [-0.25, -0.2) is 13.1 Å². The van der Waals surface area contributed by atoms with E-state index in [1.165, 1.54) is 12.1 Å². The van der Waals surface area contributed by atoms with Crippen LogP contribution in [0.5, 0.6) is 0 Å². The number of aromatic nitrogens is 1. The summed E-state index contributed by atoms with van der Waals surface area (Å²) in [6, 6.07) is 9.47. The molecule has 0 aliphatic carbocycles. The fraction of sp³-hybridized carbons (Fsp3) is 0.294. The maximum absolute atomic E-state index is 12.4. The molecule has 0 bridgehead atoms. The summed E-state index contributed by atoms with van der Waals surface area (Å²) in [5, 5.41) is 2.77. The van der Waals surface area contributed by atoms with Crippen LogP contribution in [0.2, 0.25) is 0 Å². The highest BCUT2D eigenvalue weighted by Crippen LogP contribution is 2.12. The van der Waals surface area contributed by atoms with Gasteiger partial charge in [-0.3, -0.25) is 9.78 Å². The highest BCUT2D eigenvalue weighted by Gasteiger charge is 2.16. The van der Waals surface area contributed by atoms with Gasteiger partial charge in [0.25, 0.3) is 5.91 Å². The Morgan fingerprint density at radius 1 is 1.17 bits per heavy atom. The summed E-state index contributed by atoms with van der Waals surface area (Å²) in [4.78, 5) is 16.0. The molecule has 7 heteroatoms. The van der Waals surface area contributed by atoms with E-state index < -0.39 is 10.0 Å². The normalized spacial score (nSPS) is 11.5. The molecule has 0 saturated carbocycles. The molecule has 0 fully saturated rings. The Hall–Kier alpha value is -2.25. The number of nitrogens with zero attached hydrogens (tertiary/aromatic N) is 1. The third-order valence-electron chi connectivity index (χ3n) is 3.29. The van der Waals surface area contributed by atoms with E-state index in [1.807, 2.05) is 13.8 Å². The number of nitrogens with one attached hydrogen (secondary N) is 2. The Morgan fingerprint density at radius 2 is 1.88 bits per heavy atom. The van der Waals surface area contributed by atoms with Crippen LogP contribution in [0.25, 0.3) is 0 Å². The molecule has 0 unspecified atom stereocenters. The Balaban J connectivity index is 2.10. The molecule has 0 aliphatic rings. The summed E-state index contributed by atoms with van der Waals surface area (Å²) >= 11 is 0. The topological polar surface area (TPSA) is 88.2 Å². The van der Waals surface area contributed by atoms with Crippen LogP contribution in [-0.4, -0.2) is 25.9 Å². The molecular weight excluding hydrogens is 326 g/mol. The lowest BCUT2D eigenvalue weighted by Gasteiger charge is -2.10. The summed E-state index contributed by atoms with van der Waals surface area (Å²) in [6.45, 7) is 4.68. The molecule has 1 amide bonds. The van der Waals surface area contributed by atoms with Crippen LogP contribution in [0.1, 0.15) is 29.8 Å². The lowest BCUT2D eigenvalue weighted by molar-refractivity contribution is 0.0949. The molecule has 1 aromatic heterocycles. The first-order valence-corrected chi connectivity index (χ1v) is 9.13. The zero-order valence-corrected chi connectivity index (χ0v) is 14.5. The predicted molar refractivity (Wildman–Crippen MR) is 91.9 cm³/mol. The summed E-state index contributed by atoms with van der Waals surface area (Å²) < 4.78 is 27.3. The molecule has 24 heavy (non-hydrogen) atoms. The van der Waals surface area contributed by atoms with Gasteiger partial charge in [-0.15, -0.1) is 0 Å². The van der Waals surface area contributed by atoms with Gasteiger partial charge in [-0.05, 0) is 41.8 Å². The van der Waals surface area contributed by atoms with E-state index in [-0.39, 0.29) is 17.3 Å². The molecule has 0 spiro atoms. The fourth-order valence-electron chi connectivity index (χ4n) is 1.97. The predicted octanol–water partition coefficient (Wildman–Crippen LogP) is 1.95. The Kier molecular flexibility index (Phi) is 6.05. The lowest BCUT2D eigenvalue weighted by atomic mass is 10.2. The van der Waals surface area contributed by atoms with Crippen molar-refractivity contribution in [1.82, 2.24) is 15.0 Å². The number of amides is 1.